The van der Waals surface area contributed by atoms with Crippen molar-refractivity contribution < 1.29 is 9.47 Å². The van der Waals surface area contributed by atoms with E-state index in [0.717, 1.165) is 67.4 Å². The van der Waals surface area contributed by atoms with Gasteiger partial charge in [0, 0.05) is 34.9 Å². The Hall–Kier alpha value is -5.74. The van der Waals surface area contributed by atoms with Crippen LogP contribution in [0.4, 0.5) is 0 Å². The molecule has 0 fully saturated rings. The molecule has 0 aliphatic carbocycles. The van der Waals surface area contributed by atoms with Gasteiger partial charge < -0.3 is 19.4 Å². The summed E-state index contributed by atoms with van der Waals surface area (Å²) in [5, 5.41) is 0. The molecule has 2 N–H and O–H groups in total. The predicted octanol–water partition coefficient (Wildman–Crippen LogP) is 10.2. The summed E-state index contributed by atoms with van der Waals surface area (Å²) in [5.74, 6) is 1.73. The lowest BCUT2D eigenvalue weighted by molar-refractivity contribution is 0.306. The van der Waals surface area contributed by atoms with Gasteiger partial charge in [-0.25, -0.2) is 0 Å². The van der Waals surface area contributed by atoms with Gasteiger partial charge in [-0.1, -0.05) is 103 Å². The summed E-state index contributed by atoms with van der Waals surface area (Å²) in [6, 6.07) is 49.7. The molecule has 0 radical (unpaired) electrons. The SMILES string of the molecule is c1ccc(OCc2ccccc2-c2cc(-c3cccc(-c4c[nH]c(-c5ccccc5COc5ccccc5)c4)c3)c[nH]2)cc1. The summed E-state index contributed by atoms with van der Waals surface area (Å²) < 4.78 is 12.1. The summed E-state index contributed by atoms with van der Waals surface area (Å²) >= 11 is 0. The van der Waals surface area contributed by atoms with Gasteiger partial charge in [-0.2, -0.15) is 0 Å². The molecule has 0 atom stereocenters. The maximum atomic E-state index is 6.06. The van der Waals surface area contributed by atoms with Gasteiger partial charge in [0.25, 0.3) is 0 Å². The van der Waals surface area contributed by atoms with Crippen molar-refractivity contribution in [1.29, 1.82) is 0 Å². The van der Waals surface area contributed by atoms with Crippen molar-refractivity contribution in [2.45, 2.75) is 13.2 Å². The molecule has 5 aromatic carbocycles. The highest BCUT2D eigenvalue weighted by atomic mass is 16.5. The fourth-order valence-corrected chi connectivity index (χ4v) is 5.48. The van der Waals surface area contributed by atoms with Crippen LogP contribution < -0.4 is 9.47 Å². The molecule has 0 aliphatic heterocycles. The molecule has 0 spiro atoms. The van der Waals surface area contributed by atoms with Crippen LogP contribution in [0.1, 0.15) is 11.1 Å². The molecule has 4 heteroatoms. The molecule has 0 aliphatic rings. The van der Waals surface area contributed by atoms with E-state index in [4.69, 9.17) is 9.47 Å². The summed E-state index contributed by atoms with van der Waals surface area (Å²) in [6.07, 6.45) is 4.16. The Morgan fingerprint density at radius 3 is 1.30 bits per heavy atom. The Kier molecular flexibility index (Phi) is 7.79. The van der Waals surface area contributed by atoms with Crippen molar-refractivity contribution >= 4 is 0 Å². The highest BCUT2D eigenvalue weighted by Gasteiger charge is 2.12. The zero-order valence-electron chi connectivity index (χ0n) is 24.2. The number of hydrogen-bond donors (Lipinski definition) is 2. The minimum Gasteiger partial charge on any atom is -0.489 e. The third-order valence-corrected chi connectivity index (χ3v) is 7.79. The van der Waals surface area contributed by atoms with Gasteiger partial charge in [0.15, 0.2) is 0 Å². The minimum absolute atomic E-state index is 0.501. The molecule has 214 valence electrons. The fourth-order valence-electron chi connectivity index (χ4n) is 5.48. The van der Waals surface area contributed by atoms with Gasteiger partial charge in [-0.3, -0.25) is 0 Å². The first-order valence-electron chi connectivity index (χ1n) is 14.8. The molecular formula is C40H32N2O2. The van der Waals surface area contributed by atoms with Crippen LogP contribution in [0, 0.1) is 0 Å². The van der Waals surface area contributed by atoms with Crippen molar-refractivity contribution in [3.8, 4) is 56.3 Å². The van der Waals surface area contributed by atoms with Crippen molar-refractivity contribution in [1.82, 2.24) is 9.97 Å². The molecule has 0 bridgehead atoms. The van der Waals surface area contributed by atoms with Gasteiger partial charge in [-0.05, 0) is 75.8 Å². The van der Waals surface area contributed by atoms with E-state index in [1.807, 2.05) is 60.7 Å². The van der Waals surface area contributed by atoms with Crippen molar-refractivity contribution in [2.24, 2.45) is 0 Å². The van der Waals surface area contributed by atoms with Gasteiger partial charge >= 0.3 is 0 Å². The molecule has 0 amide bonds. The lowest BCUT2D eigenvalue weighted by Gasteiger charge is -2.10. The summed E-state index contributed by atoms with van der Waals surface area (Å²) in [5.41, 5.74) is 11.3. The molecule has 2 heterocycles. The van der Waals surface area contributed by atoms with E-state index in [0.29, 0.717) is 13.2 Å². The average molecular weight is 573 g/mol. The molecule has 2 aromatic heterocycles. The maximum Gasteiger partial charge on any atom is 0.119 e. The minimum atomic E-state index is 0.501. The van der Waals surface area contributed by atoms with Crippen molar-refractivity contribution in [3.05, 3.63) is 169 Å². The van der Waals surface area contributed by atoms with E-state index in [1.54, 1.807) is 0 Å². The van der Waals surface area contributed by atoms with Gasteiger partial charge in [-0.15, -0.1) is 0 Å². The fraction of sp³-hybridized carbons (Fsp3) is 0.0500. The molecule has 7 rings (SSSR count). The number of ether oxygens (including phenoxy) is 2. The largest absolute Gasteiger partial charge is 0.489 e. The normalized spacial score (nSPS) is 10.9. The number of nitrogens with one attached hydrogen (secondary N) is 2. The smallest absolute Gasteiger partial charge is 0.119 e. The van der Waals surface area contributed by atoms with E-state index in [-0.39, 0.29) is 0 Å². The highest BCUT2D eigenvalue weighted by molar-refractivity contribution is 5.79. The van der Waals surface area contributed by atoms with E-state index in [1.165, 1.54) is 0 Å². The molecular weight excluding hydrogens is 540 g/mol. The molecule has 44 heavy (non-hydrogen) atoms. The van der Waals surface area contributed by atoms with E-state index < -0.39 is 0 Å². The van der Waals surface area contributed by atoms with E-state index in [9.17, 15) is 0 Å². The number of aromatic nitrogens is 2. The van der Waals surface area contributed by atoms with Crippen molar-refractivity contribution in [2.75, 3.05) is 0 Å². The van der Waals surface area contributed by atoms with E-state index in [2.05, 4.69) is 107 Å². The Morgan fingerprint density at radius 2 is 0.818 bits per heavy atom. The predicted molar refractivity (Wildman–Crippen MR) is 178 cm³/mol. The standard InChI is InChI=1S/C40H32N2O2/c1-3-16-35(17-4-1)43-27-31-12-7-9-20-37(31)39-23-33(25-41-39)29-14-11-15-30(22-29)34-24-40(42-26-34)38-21-10-8-13-32(38)28-44-36-18-5-2-6-19-36/h1-26,41-42H,27-28H2. The lowest BCUT2D eigenvalue weighted by Crippen LogP contribution is -1.97. The van der Waals surface area contributed by atoms with Crippen LogP contribution in [-0.4, -0.2) is 9.97 Å². The maximum absolute atomic E-state index is 6.06. The second kappa shape index (κ2) is 12.6. The van der Waals surface area contributed by atoms with E-state index >= 15 is 0 Å². The van der Waals surface area contributed by atoms with Crippen LogP contribution in [0.5, 0.6) is 11.5 Å². The number of H-pyrrole nitrogens is 2. The number of hydrogen-bond acceptors (Lipinski definition) is 2. The Morgan fingerprint density at radius 1 is 0.386 bits per heavy atom. The number of rotatable bonds is 10. The number of aromatic amines is 2. The van der Waals surface area contributed by atoms with Crippen LogP contribution in [-0.2, 0) is 13.2 Å². The van der Waals surface area contributed by atoms with Crippen LogP contribution in [0.2, 0.25) is 0 Å². The quantitative estimate of drug-likeness (QED) is 0.171. The van der Waals surface area contributed by atoms with Crippen LogP contribution >= 0.6 is 0 Å². The average Bonchev–Trinajstić information content (AvgIpc) is 3.79. The molecule has 4 nitrogen and oxygen atoms in total. The van der Waals surface area contributed by atoms with Crippen molar-refractivity contribution in [3.63, 3.8) is 0 Å². The summed E-state index contributed by atoms with van der Waals surface area (Å²) in [4.78, 5) is 7.00. The van der Waals surface area contributed by atoms with Gasteiger partial charge in [0.2, 0.25) is 0 Å². The zero-order chi connectivity index (χ0) is 29.6. The highest BCUT2D eigenvalue weighted by Crippen LogP contribution is 2.33. The van der Waals surface area contributed by atoms with Crippen LogP contribution in [0.15, 0.2) is 158 Å². The van der Waals surface area contributed by atoms with Crippen LogP contribution in [0.25, 0.3) is 44.8 Å². The molecule has 7 aromatic rings. The molecule has 0 unspecified atom stereocenters. The van der Waals surface area contributed by atoms with Gasteiger partial charge in [0.1, 0.15) is 24.7 Å². The first-order valence-corrected chi connectivity index (χ1v) is 14.8. The number of benzene rings is 5. The monoisotopic (exact) mass is 572 g/mol. The Labute approximate surface area is 257 Å². The van der Waals surface area contributed by atoms with Gasteiger partial charge in [0.05, 0.1) is 0 Å². The number of para-hydroxylation sites is 2. The second-order valence-corrected chi connectivity index (χ2v) is 10.7. The Bertz CT molecular complexity index is 1830. The second-order valence-electron chi connectivity index (χ2n) is 10.7. The Balaban J connectivity index is 1.10. The molecule has 0 saturated heterocycles. The lowest BCUT2D eigenvalue weighted by atomic mass is 10.00. The first-order chi connectivity index (χ1) is 21.8. The third-order valence-electron chi connectivity index (χ3n) is 7.79. The topological polar surface area (TPSA) is 50.0 Å². The third kappa shape index (κ3) is 6.06. The summed E-state index contributed by atoms with van der Waals surface area (Å²) in [7, 11) is 0. The van der Waals surface area contributed by atoms with Crippen LogP contribution in [0.3, 0.4) is 0 Å². The summed E-state index contributed by atoms with van der Waals surface area (Å²) in [6.45, 7) is 1.00. The molecule has 0 saturated carbocycles. The first kappa shape index (κ1) is 27.1. The zero-order valence-corrected chi connectivity index (χ0v) is 24.2.